The molecule has 0 aromatic heterocycles. The van der Waals surface area contributed by atoms with Crippen LogP contribution >= 0.6 is 0 Å². The third-order valence-corrected chi connectivity index (χ3v) is 3.94. The Balaban J connectivity index is 2.11. The molecule has 5 nitrogen and oxygen atoms in total. The molecule has 0 bridgehead atoms. The Hall–Kier alpha value is -0.555. The van der Waals surface area contributed by atoms with Crippen LogP contribution in [0.2, 0.25) is 0 Å². The van der Waals surface area contributed by atoms with Gasteiger partial charge in [-0.1, -0.05) is 6.08 Å². The molecule has 2 rings (SSSR count). The fourth-order valence-electron chi connectivity index (χ4n) is 2.18. The zero-order valence-corrected chi connectivity index (χ0v) is 12.8. The molecule has 2 aliphatic rings. The van der Waals surface area contributed by atoms with Gasteiger partial charge in [0.15, 0.2) is 0 Å². The van der Waals surface area contributed by atoms with Crippen LogP contribution in [0.5, 0.6) is 0 Å². The van der Waals surface area contributed by atoms with Gasteiger partial charge in [0.05, 0.1) is 28.9 Å². The van der Waals surface area contributed by atoms with Crippen molar-refractivity contribution in [1.29, 1.82) is 0 Å². The van der Waals surface area contributed by atoms with Crippen LogP contribution in [0.1, 0.15) is 41.5 Å². The maximum absolute atomic E-state index is 9.95. The minimum Gasteiger partial charge on any atom is -0.398 e. The van der Waals surface area contributed by atoms with E-state index in [2.05, 4.69) is 5.43 Å². The van der Waals surface area contributed by atoms with Gasteiger partial charge in [0.2, 0.25) is 0 Å². The molecule has 0 amide bonds. The van der Waals surface area contributed by atoms with Gasteiger partial charge in [-0.15, -0.1) is 0 Å². The Morgan fingerprint density at radius 1 is 1.32 bits per heavy atom. The second-order valence-corrected chi connectivity index (χ2v) is 6.98. The van der Waals surface area contributed by atoms with Crippen molar-refractivity contribution in [2.45, 2.75) is 58.3 Å². The Bertz CT molecular complexity index is 372. The molecule has 2 N–H and O–H groups in total. The smallest absolute Gasteiger partial charge is 0.398 e. The second kappa shape index (κ2) is 4.48. The molecule has 0 spiro atoms. The van der Waals surface area contributed by atoms with Crippen molar-refractivity contribution >= 4 is 7.12 Å². The van der Waals surface area contributed by atoms with Gasteiger partial charge in [-0.2, -0.15) is 0 Å². The van der Waals surface area contributed by atoms with E-state index in [0.717, 1.165) is 12.1 Å². The van der Waals surface area contributed by atoms with Crippen molar-refractivity contribution in [3.05, 3.63) is 11.7 Å². The minimum absolute atomic E-state index is 0.346. The number of β-amino-alcohol motifs (C(OH)–C–C–N with tert-alkyl or cyclic N) is 1. The summed E-state index contributed by atoms with van der Waals surface area (Å²) < 4.78 is 12.1. The van der Waals surface area contributed by atoms with Crippen LogP contribution in [0.25, 0.3) is 0 Å². The van der Waals surface area contributed by atoms with E-state index in [1.54, 1.807) is 13.8 Å². The van der Waals surface area contributed by atoms with Gasteiger partial charge < -0.3 is 19.4 Å². The second-order valence-electron chi connectivity index (χ2n) is 6.98. The molecule has 0 atom stereocenters. The Morgan fingerprint density at radius 3 is 2.32 bits per heavy atom. The standard InChI is InChI=1S/C13H25BN2O3/c1-11(2,17)9-16-10(7-8-15-16)14-18-12(3,4)13(5,6)19-14/h7,15,17H,8-9H2,1-6H3. The molecule has 108 valence electrons. The van der Waals surface area contributed by atoms with Crippen molar-refractivity contribution in [2.24, 2.45) is 0 Å². The highest BCUT2D eigenvalue weighted by Gasteiger charge is 2.54. The number of rotatable bonds is 3. The molecule has 2 aliphatic heterocycles. The third-order valence-electron chi connectivity index (χ3n) is 3.94. The van der Waals surface area contributed by atoms with Gasteiger partial charge >= 0.3 is 7.12 Å². The molecular formula is C13H25BN2O3. The molecule has 1 fully saturated rings. The van der Waals surface area contributed by atoms with Crippen LogP contribution in [0.15, 0.2) is 11.7 Å². The fraction of sp³-hybridized carbons (Fsp3) is 0.846. The summed E-state index contributed by atoms with van der Waals surface area (Å²) in [7, 11) is -0.387. The highest BCUT2D eigenvalue weighted by atomic mass is 16.7. The van der Waals surface area contributed by atoms with Gasteiger partial charge in [-0.05, 0) is 41.5 Å². The Kier molecular flexibility index (Phi) is 3.50. The van der Waals surface area contributed by atoms with Crippen molar-refractivity contribution in [2.75, 3.05) is 13.1 Å². The highest BCUT2D eigenvalue weighted by molar-refractivity contribution is 6.54. The molecule has 0 aromatic carbocycles. The monoisotopic (exact) mass is 268 g/mol. The minimum atomic E-state index is -0.778. The topological polar surface area (TPSA) is 54.0 Å². The van der Waals surface area contributed by atoms with E-state index in [0.29, 0.717) is 6.54 Å². The van der Waals surface area contributed by atoms with E-state index >= 15 is 0 Å². The first-order valence-corrected chi connectivity index (χ1v) is 6.81. The van der Waals surface area contributed by atoms with Gasteiger partial charge in [0.1, 0.15) is 0 Å². The summed E-state index contributed by atoms with van der Waals surface area (Å²) in [5.41, 5.74) is 2.69. The van der Waals surface area contributed by atoms with Crippen LogP contribution < -0.4 is 5.43 Å². The van der Waals surface area contributed by atoms with Crippen LogP contribution in [0, 0.1) is 0 Å². The molecular weight excluding hydrogens is 243 g/mol. The van der Waals surface area contributed by atoms with Crippen molar-refractivity contribution in [3.63, 3.8) is 0 Å². The summed E-state index contributed by atoms with van der Waals surface area (Å²) in [6, 6.07) is 0. The summed E-state index contributed by atoms with van der Waals surface area (Å²) >= 11 is 0. The Morgan fingerprint density at radius 2 is 1.84 bits per heavy atom. The lowest BCUT2D eigenvalue weighted by molar-refractivity contribution is 0.00578. The zero-order chi connectivity index (χ0) is 14.5. The number of hydrogen-bond donors (Lipinski definition) is 2. The first kappa shape index (κ1) is 14.8. The van der Waals surface area contributed by atoms with Crippen LogP contribution in [-0.2, 0) is 9.31 Å². The van der Waals surface area contributed by atoms with Crippen molar-refractivity contribution in [1.82, 2.24) is 10.4 Å². The summed E-state index contributed by atoms with van der Waals surface area (Å²) in [6.07, 6.45) is 2.05. The molecule has 1 saturated heterocycles. The van der Waals surface area contributed by atoms with Crippen molar-refractivity contribution < 1.29 is 14.4 Å². The van der Waals surface area contributed by atoms with Gasteiger partial charge in [0.25, 0.3) is 0 Å². The summed E-state index contributed by atoms with van der Waals surface area (Å²) in [6.45, 7) is 12.9. The van der Waals surface area contributed by atoms with E-state index < -0.39 is 5.60 Å². The van der Waals surface area contributed by atoms with Crippen molar-refractivity contribution in [3.8, 4) is 0 Å². The SMILES string of the molecule is CC(C)(O)CN1NCC=C1B1OC(C)(C)C(C)(C)O1. The quantitative estimate of drug-likeness (QED) is 0.750. The number of aliphatic hydroxyl groups is 1. The van der Waals surface area contributed by atoms with Gasteiger partial charge in [-0.3, -0.25) is 0 Å². The number of nitrogens with zero attached hydrogens (tertiary/aromatic N) is 1. The zero-order valence-electron chi connectivity index (χ0n) is 12.8. The largest absolute Gasteiger partial charge is 0.513 e. The van der Waals surface area contributed by atoms with Crippen LogP contribution in [-0.4, -0.2) is 47.1 Å². The average molecular weight is 268 g/mol. The first-order chi connectivity index (χ1) is 8.52. The third kappa shape index (κ3) is 2.97. The first-order valence-electron chi connectivity index (χ1n) is 6.81. The number of hydrogen-bond acceptors (Lipinski definition) is 5. The predicted octanol–water partition coefficient (Wildman–Crippen LogP) is 1.09. The normalized spacial score (nSPS) is 25.9. The summed E-state index contributed by atoms with van der Waals surface area (Å²) in [5.74, 6) is 0. The lowest BCUT2D eigenvalue weighted by Gasteiger charge is -2.32. The Labute approximate surface area is 116 Å². The van der Waals surface area contributed by atoms with Gasteiger partial charge in [-0.25, -0.2) is 5.43 Å². The summed E-state index contributed by atoms with van der Waals surface area (Å²) in [5, 5.41) is 11.9. The van der Waals surface area contributed by atoms with E-state index in [1.807, 2.05) is 38.8 Å². The maximum Gasteiger partial charge on any atom is 0.513 e. The molecule has 0 saturated carbocycles. The summed E-state index contributed by atoms with van der Waals surface area (Å²) in [4.78, 5) is 0. The number of nitrogens with one attached hydrogen (secondary N) is 1. The molecule has 0 aromatic rings. The molecule has 6 heteroatoms. The van der Waals surface area contributed by atoms with E-state index in [-0.39, 0.29) is 18.3 Å². The predicted molar refractivity (Wildman–Crippen MR) is 75.2 cm³/mol. The molecule has 0 unspecified atom stereocenters. The van der Waals surface area contributed by atoms with E-state index in [4.69, 9.17) is 9.31 Å². The van der Waals surface area contributed by atoms with E-state index in [9.17, 15) is 5.11 Å². The fourth-order valence-corrected chi connectivity index (χ4v) is 2.18. The lowest BCUT2D eigenvalue weighted by atomic mass is 9.83. The van der Waals surface area contributed by atoms with Gasteiger partial charge in [0, 0.05) is 6.54 Å². The lowest BCUT2D eigenvalue weighted by Crippen LogP contribution is -2.46. The molecule has 0 aliphatic carbocycles. The highest BCUT2D eigenvalue weighted by Crippen LogP contribution is 2.39. The molecule has 19 heavy (non-hydrogen) atoms. The molecule has 0 radical (unpaired) electrons. The maximum atomic E-state index is 9.95. The number of hydrazine groups is 1. The van der Waals surface area contributed by atoms with Crippen LogP contribution in [0.4, 0.5) is 0 Å². The average Bonchev–Trinajstić information content (AvgIpc) is 2.67. The van der Waals surface area contributed by atoms with Crippen LogP contribution in [0.3, 0.4) is 0 Å². The van der Waals surface area contributed by atoms with E-state index in [1.165, 1.54) is 0 Å². The molecule has 2 heterocycles.